The minimum absolute atomic E-state index is 0.444. The maximum Gasteiger partial charge on any atom is 0.229 e. The van der Waals surface area contributed by atoms with Crippen molar-refractivity contribution < 1.29 is 0 Å². The van der Waals surface area contributed by atoms with Gasteiger partial charge in [-0.05, 0) is 42.0 Å². The molecule has 5 nitrogen and oxygen atoms in total. The molecular weight excluding hydrogens is 369 g/mol. The Labute approximate surface area is 161 Å². The van der Waals surface area contributed by atoms with Crippen LogP contribution in [-0.2, 0) is 6.42 Å². The number of halogens is 2. The van der Waals surface area contributed by atoms with Crippen molar-refractivity contribution in [3.8, 4) is 6.07 Å². The maximum absolute atomic E-state index is 8.88. The summed E-state index contributed by atoms with van der Waals surface area (Å²) in [7, 11) is 1.79. The lowest BCUT2D eigenvalue weighted by Crippen LogP contribution is -2.05. The lowest BCUT2D eigenvalue weighted by molar-refractivity contribution is 1.03. The molecule has 0 saturated heterocycles. The number of nitriles is 1. The molecule has 7 heteroatoms. The molecule has 0 bridgehead atoms. The van der Waals surface area contributed by atoms with Crippen LogP contribution in [0.4, 0.5) is 17.5 Å². The maximum atomic E-state index is 8.88. The number of benzene rings is 2. The fourth-order valence-electron chi connectivity index (χ4n) is 2.41. The van der Waals surface area contributed by atoms with Gasteiger partial charge < -0.3 is 10.6 Å². The topological polar surface area (TPSA) is 73.6 Å². The minimum atomic E-state index is 0.444. The lowest BCUT2D eigenvalue weighted by Gasteiger charge is -2.11. The van der Waals surface area contributed by atoms with Gasteiger partial charge in [0.15, 0.2) is 0 Å². The van der Waals surface area contributed by atoms with E-state index in [1.165, 1.54) is 0 Å². The molecule has 0 aliphatic rings. The second-order valence-corrected chi connectivity index (χ2v) is 6.32. The third-order valence-corrected chi connectivity index (χ3v) is 4.43. The third-order valence-electron chi connectivity index (χ3n) is 3.73. The van der Waals surface area contributed by atoms with E-state index in [1.54, 1.807) is 43.4 Å². The Morgan fingerprint density at radius 1 is 1.04 bits per heavy atom. The van der Waals surface area contributed by atoms with Crippen LogP contribution in [0, 0.1) is 11.3 Å². The molecule has 1 aromatic heterocycles. The summed E-state index contributed by atoms with van der Waals surface area (Å²) in [6.45, 7) is 0. The van der Waals surface area contributed by atoms with Crippen LogP contribution in [0.25, 0.3) is 0 Å². The molecule has 26 heavy (non-hydrogen) atoms. The molecule has 0 radical (unpaired) electrons. The number of hydrogen-bond donors (Lipinski definition) is 2. The molecule has 0 aliphatic heterocycles. The molecule has 2 N–H and O–H groups in total. The summed E-state index contributed by atoms with van der Waals surface area (Å²) in [5.41, 5.74) is 2.98. The van der Waals surface area contributed by atoms with Crippen molar-refractivity contribution in [1.29, 1.82) is 5.26 Å². The number of nitrogens with zero attached hydrogens (tertiary/aromatic N) is 3. The zero-order valence-corrected chi connectivity index (χ0v) is 15.4. The third kappa shape index (κ3) is 4.23. The second-order valence-electron chi connectivity index (χ2n) is 5.51. The molecule has 2 aromatic carbocycles. The van der Waals surface area contributed by atoms with Gasteiger partial charge in [0, 0.05) is 35.3 Å². The van der Waals surface area contributed by atoms with Gasteiger partial charge in [-0.1, -0.05) is 29.3 Å². The van der Waals surface area contributed by atoms with Crippen molar-refractivity contribution in [3.63, 3.8) is 0 Å². The van der Waals surface area contributed by atoms with Crippen LogP contribution < -0.4 is 10.6 Å². The molecule has 3 aromatic rings. The Hall–Kier alpha value is -2.81. The summed E-state index contributed by atoms with van der Waals surface area (Å²) >= 11 is 12.5. The van der Waals surface area contributed by atoms with Gasteiger partial charge in [-0.15, -0.1) is 0 Å². The van der Waals surface area contributed by atoms with Crippen LogP contribution in [0.2, 0.25) is 10.0 Å². The lowest BCUT2D eigenvalue weighted by atomic mass is 10.1. The molecule has 0 saturated carbocycles. The standard InChI is InChI=1S/C19H15Cl2N5/c1-23-18-10-14(9-15-16(20)3-2-4-17(15)21)25-19(26-18)24-13-7-5-12(11-22)6-8-13/h2-8,10H,9H2,1H3,(H2,23,24,25,26). The van der Waals surface area contributed by atoms with Crippen LogP contribution in [0.3, 0.4) is 0 Å². The number of rotatable bonds is 5. The van der Waals surface area contributed by atoms with E-state index in [-0.39, 0.29) is 0 Å². The van der Waals surface area contributed by atoms with E-state index in [2.05, 4.69) is 26.7 Å². The number of hydrogen-bond acceptors (Lipinski definition) is 5. The summed E-state index contributed by atoms with van der Waals surface area (Å²) in [6.07, 6.45) is 0.484. The van der Waals surface area contributed by atoms with E-state index in [1.807, 2.05) is 12.1 Å². The van der Waals surface area contributed by atoms with Crippen LogP contribution in [0.5, 0.6) is 0 Å². The minimum Gasteiger partial charge on any atom is -0.373 e. The summed E-state index contributed by atoms with van der Waals surface area (Å²) in [6, 6.07) is 16.4. The summed E-state index contributed by atoms with van der Waals surface area (Å²) in [4.78, 5) is 8.96. The van der Waals surface area contributed by atoms with Crippen molar-refractivity contribution in [1.82, 2.24) is 9.97 Å². The highest BCUT2D eigenvalue weighted by atomic mass is 35.5. The van der Waals surface area contributed by atoms with E-state index in [4.69, 9.17) is 28.5 Å². The fourth-order valence-corrected chi connectivity index (χ4v) is 2.94. The monoisotopic (exact) mass is 383 g/mol. The van der Waals surface area contributed by atoms with Crippen molar-refractivity contribution in [2.24, 2.45) is 0 Å². The van der Waals surface area contributed by atoms with Crippen molar-refractivity contribution >= 4 is 40.7 Å². The second kappa shape index (κ2) is 8.05. The Morgan fingerprint density at radius 2 is 1.73 bits per heavy atom. The summed E-state index contributed by atoms with van der Waals surface area (Å²) in [5.74, 6) is 1.12. The quantitative estimate of drug-likeness (QED) is 0.645. The Balaban J connectivity index is 1.90. The zero-order valence-electron chi connectivity index (χ0n) is 13.9. The largest absolute Gasteiger partial charge is 0.373 e. The van der Waals surface area contributed by atoms with Gasteiger partial charge in [0.2, 0.25) is 5.95 Å². The van der Waals surface area contributed by atoms with Crippen molar-refractivity contribution in [2.75, 3.05) is 17.7 Å². The SMILES string of the molecule is CNc1cc(Cc2c(Cl)cccc2Cl)nc(Nc2ccc(C#N)cc2)n1. The molecular formula is C19H15Cl2N5. The van der Waals surface area contributed by atoms with E-state index in [0.29, 0.717) is 33.8 Å². The highest BCUT2D eigenvalue weighted by molar-refractivity contribution is 6.36. The molecule has 0 fully saturated rings. The van der Waals surface area contributed by atoms with E-state index in [0.717, 1.165) is 16.9 Å². The molecule has 0 spiro atoms. The Bertz CT molecular complexity index is 944. The first-order chi connectivity index (χ1) is 12.6. The van der Waals surface area contributed by atoms with Gasteiger partial charge >= 0.3 is 0 Å². The van der Waals surface area contributed by atoms with Crippen molar-refractivity contribution in [2.45, 2.75) is 6.42 Å². The van der Waals surface area contributed by atoms with Gasteiger partial charge in [-0.25, -0.2) is 4.98 Å². The Kier molecular flexibility index (Phi) is 5.57. The van der Waals surface area contributed by atoms with Gasteiger partial charge in [0.1, 0.15) is 5.82 Å². The van der Waals surface area contributed by atoms with Crippen LogP contribution in [0.15, 0.2) is 48.5 Å². The first kappa shape index (κ1) is 18.0. The summed E-state index contributed by atoms with van der Waals surface area (Å²) in [5, 5.41) is 16.3. The first-order valence-electron chi connectivity index (χ1n) is 7.85. The van der Waals surface area contributed by atoms with Crippen LogP contribution >= 0.6 is 23.2 Å². The molecule has 0 atom stereocenters. The number of aromatic nitrogens is 2. The molecule has 3 rings (SSSR count). The van der Waals surface area contributed by atoms with E-state index in [9.17, 15) is 0 Å². The predicted molar refractivity (Wildman–Crippen MR) is 105 cm³/mol. The fraction of sp³-hybridized carbons (Fsp3) is 0.105. The van der Waals surface area contributed by atoms with Gasteiger partial charge in [-0.2, -0.15) is 10.2 Å². The van der Waals surface area contributed by atoms with Gasteiger partial charge in [0.25, 0.3) is 0 Å². The number of nitrogens with one attached hydrogen (secondary N) is 2. The smallest absolute Gasteiger partial charge is 0.229 e. The first-order valence-corrected chi connectivity index (χ1v) is 8.60. The highest BCUT2D eigenvalue weighted by Crippen LogP contribution is 2.27. The molecule has 1 heterocycles. The highest BCUT2D eigenvalue weighted by Gasteiger charge is 2.10. The molecule has 0 unspecified atom stereocenters. The number of anilines is 3. The molecule has 0 amide bonds. The van der Waals surface area contributed by atoms with Crippen molar-refractivity contribution in [3.05, 3.63) is 75.4 Å². The predicted octanol–water partition coefficient (Wildman–Crippen LogP) is 5.03. The van der Waals surface area contributed by atoms with E-state index >= 15 is 0 Å². The summed E-state index contributed by atoms with van der Waals surface area (Å²) < 4.78 is 0. The average Bonchev–Trinajstić information content (AvgIpc) is 2.65. The van der Waals surface area contributed by atoms with Gasteiger partial charge in [0.05, 0.1) is 17.3 Å². The molecule has 130 valence electrons. The average molecular weight is 384 g/mol. The van der Waals surface area contributed by atoms with Crippen LogP contribution in [-0.4, -0.2) is 17.0 Å². The van der Waals surface area contributed by atoms with E-state index < -0.39 is 0 Å². The molecule has 0 aliphatic carbocycles. The Morgan fingerprint density at radius 3 is 2.35 bits per heavy atom. The normalized spacial score (nSPS) is 10.2. The van der Waals surface area contributed by atoms with Gasteiger partial charge in [-0.3, -0.25) is 0 Å². The zero-order chi connectivity index (χ0) is 18.5. The van der Waals surface area contributed by atoms with Crippen LogP contribution in [0.1, 0.15) is 16.8 Å².